The van der Waals surface area contributed by atoms with Gasteiger partial charge in [0.25, 0.3) is 0 Å². The number of aryl methyl sites for hydroxylation is 1. The molecule has 0 unspecified atom stereocenters. The lowest BCUT2D eigenvalue weighted by molar-refractivity contribution is 0.0920. The quantitative estimate of drug-likeness (QED) is 0.675. The monoisotopic (exact) mass is 336 g/mol. The Kier molecular flexibility index (Phi) is 4.14. The van der Waals surface area contributed by atoms with E-state index < -0.39 is 0 Å². The molecule has 25 heavy (non-hydrogen) atoms. The number of H-pyrrole nitrogens is 1. The zero-order valence-corrected chi connectivity index (χ0v) is 14.3. The molecule has 1 fully saturated rings. The summed E-state index contributed by atoms with van der Waals surface area (Å²) in [6, 6.07) is 14.9. The summed E-state index contributed by atoms with van der Waals surface area (Å²) in [5.74, 6) is -0.0869. The second-order valence-corrected chi connectivity index (χ2v) is 6.86. The van der Waals surface area contributed by atoms with Gasteiger partial charge in [-0.3, -0.25) is 9.69 Å². The van der Waals surface area contributed by atoms with Crippen molar-refractivity contribution in [3.8, 4) is 0 Å². The molecule has 4 heteroatoms. The Morgan fingerprint density at radius 2 is 1.88 bits per heavy atom. The summed E-state index contributed by atoms with van der Waals surface area (Å²) >= 11 is 0. The standard InChI is InChI=1S/C21H21FN2O/c1-14-21(18-4-2-3-5-19(18)23-14)20(25)13-24(17-10-11-17)12-15-6-8-16(22)9-7-15/h2-9,17,23H,10-13H2,1H3. The van der Waals surface area contributed by atoms with Crippen LogP contribution < -0.4 is 0 Å². The first-order chi connectivity index (χ1) is 12.1. The number of para-hydroxylation sites is 1. The van der Waals surface area contributed by atoms with Crippen LogP contribution in [0.4, 0.5) is 4.39 Å². The van der Waals surface area contributed by atoms with E-state index in [1.807, 2.05) is 31.2 Å². The van der Waals surface area contributed by atoms with Crippen LogP contribution in [0.5, 0.6) is 0 Å². The van der Waals surface area contributed by atoms with Gasteiger partial charge in [-0.15, -0.1) is 0 Å². The Balaban J connectivity index is 1.56. The number of ketones is 1. The number of rotatable bonds is 6. The number of carbonyl (C=O) groups is 1. The van der Waals surface area contributed by atoms with Crippen molar-refractivity contribution < 1.29 is 9.18 Å². The third kappa shape index (κ3) is 3.35. The first kappa shape index (κ1) is 16.0. The maximum atomic E-state index is 13.1. The Bertz CT molecular complexity index is 909. The van der Waals surface area contributed by atoms with Crippen LogP contribution in [0.15, 0.2) is 48.5 Å². The molecule has 1 heterocycles. The summed E-state index contributed by atoms with van der Waals surface area (Å²) in [5, 5.41) is 0.988. The van der Waals surface area contributed by atoms with E-state index >= 15 is 0 Å². The Morgan fingerprint density at radius 3 is 2.60 bits per heavy atom. The fourth-order valence-electron chi connectivity index (χ4n) is 3.48. The highest BCUT2D eigenvalue weighted by atomic mass is 19.1. The van der Waals surface area contributed by atoms with Gasteiger partial charge in [0.05, 0.1) is 6.54 Å². The highest BCUT2D eigenvalue weighted by molar-refractivity contribution is 6.10. The van der Waals surface area contributed by atoms with Crippen LogP contribution in [0, 0.1) is 12.7 Å². The Hall–Kier alpha value is -2.46. The molecule has 3 nitrogen and oxygen atoms in total. The van der Waals surface area contributed by atoms with Crippen LogP contribution >= 0.6 is 0 Å². The molecule has 3 aromatic rings. The maximum Gasteiger partial charge on any atom is 0.179 e. The van der Waals surface area contributed by atoms with E-state index in [-0.39, 0.29) is 11.6 Å². The molecule has 1 saturated carbocycles. The molecule has 2 aromatic carbocycles. The number of aromatic nitrogens is 1. The highest BCUT2D eigenvalue weighted by Gasteiger charge is 2.31. The van der Waals surface area contributed by atoms with Crippen molar-refractivity contribution in [2.75, 3.05) is 6.54 Å². The molecule has 128 valence electrons. The largest absolute Gasteiger partial charge is 0.358 e. The summed E-state index contributed by atoms with van der Waals surface area (Å²) in [5.41, 5.74) is 3.75. The van der Waals surface area contributed by atoms with E-state index in [1.54, 1.807) is 12.1 Å². The molecular weight excluding hydrogens is 315 g/mol. The number of hydrogen-bond donors (Lipinski definition) is 1. The normalized spacial score (nSPS) is 14.4. The van der Waals surface area contributed by atoms with Crippen molar-refractivity contribution in [3.05, 3.63) is 71.2 Å². The first-order valence-corrected chi connectivity index (χ1v) is 8.71. The second-order valence-electron chi connectivity index (χ2n) is 6.86. The molecular formula is C21H21FN2O. The van der Waals surface area contributed by atoms with Gasteiger partial charge in [-0.2, -0.15) is 0 Å². The molecule has 1 aliphatic rings. The zero-order chi connectivity index (χ0) is 17.4. The van der Waals surface area contributed by atoms with E-state index in [0.717, 1.165) is 40.6 Å². The number of carbonyl (C=O) groups excluding carboxylic acids is 1. The van der Waals surface area contributed by atoms with Crippen LogP contribution in [-0.4, -0.2) is 28.3 Å². The second kappa shape index (κ2) is 6.45. The number of nitrogens with zero attached hydrogens (tertiary/aromatic N) is 1. The molecule has 1 N–H and O–H groups in total. The van der Waals surface area contributed by atoms with Gasteiger partial charge in [0.15, 0.2) is 5.78 Å². The molecule has 1 aromatic heterocycles. The van der Waals surface area contributed by atoms with Crippen molar-refractivity contribution >= 4 is 16.7 Å². The van der Waals surface area contributed by atoms with Gasteiger partial charge in [0.1, 0.15) is 5.82 Å². The van der Waals surface area contributed by atoms with Gasteiger partial charge in [0.2, 0.25) is 0 Å². The van der Waals surface area contributed by atoms with Gasteiger partial charge in [-0.05, 0) is 43.5 Å². The number of hydrogen-bond acceptors (Lipinski definition) is 2. The van der Waals surface area contributed by atoms with Crippen LogP contribution in [0.3, 0.4) is 0 Å². The first-order valence-electron chi connectivity index (χ1n) is 8.71. The molecule has 0 amide bonds. The summed E-state index contributed by atoms with van der Waals surface area (Å²) < 4.78 is 13.1. The number of benzene rings is 2. The molecule has 0 saturated heterocycles. The molecule has 0 aliphatic heterocycles. The van der Waals surface area contributed by atoms with Crippen LogP contribution in [-0.2, 0) is 6.54 Å². The van der Waals surface area contributed by atoms with Gasteiger partial charge >= 0.3 is 0 Å². The minimum Gasteiger partial charge on any atom is -0.358 e. The predicted octanol–water partition coefficient (Wildman–Crippen LogP) is 4.46. The van der Waals surface area contributed by atoms with Crippen molar-refractivity contribution in [1.29, 1.82) is 0 Å². The Labute approximate surface area is 146 Å². The maximum absolute atomic E-state index is 13.1. The molecule has 0 spiro atoms. The van der Waals surface area contributed by atoms with E-state index in [2.05, 4.69) is 9.88 Å². The molecule has 4 rings (SSSR count). The topological polar surface area (TPSA) is 36.1 Å². The van der Waals surface area contributed by atoms with Crippen molar-refractivity contribution in [2.45, 2.75) is 32.4 Å². The molecule has 1 aliphatic carbocycles. The number of Topliss-reactive ketones (excluding diaryl/α,β-unsaturated/α-hetero) is 1. The lowest BCUT2D eigenvalue weighted by Gasteiger charge is -2.21. The van der Waals surface area contributed by atoms with E-state index in [0.29, 0.717) is 19.1 Å². The fourth-order valence-corrected chi connectivity index (χ4v) is 3.48. The van der Waals surface area contributed by atoms with Crippen molar-refractivity contribution in [2.24, 2.45) is 0 Å². The van der Waals surface area contributed by atoms with Crippen LogP contribution in [0.25, 0.3) is 10.9 Å². The fraction of sp³-hybridized carbons (Fsp3) is 0.286. The highest BCUT2D eigenvalue weighted by Crippen LogP contribution is 2.30. The molecule has 0 radical (unpaired) electrons. The average molecular weight is 336 g/mol. The van der Waals surface area contributed by atoms with Gasteiger partial charge < -0.3 is 4.98 Å². The Morgan fingerprint density at radius 1 is 1.16 bits per heavy atom. The minimum absolute atomic E-state index is 0.143. The molecule has 0 bridgehead atoms. The van der Waals surface area contributed by atoms with E-state index in [4.69, 9.17) is 0 Å². The number of nitrogens with one attached hydrogen (secondary N) is 1. The number of fused-ring (bicyclic) bond motifs is 1. The zero-order valence-electron chi connectivity index (χ0n) is 14.3. The van der Waals surface area contributed by atoms with E-state index in [9.17, 15) is 9.18 Å². The van der Waals surface area contributed by atoms with Crippen molar-refractivity contribution in [1.82, 2.24) is 9.88 Å². The molecule has 0 atom stereocenters. The third-order valence-electron chi connectivity index (χ3n) is 4.88. The third-order valence-corrected chi connectivity index (χ3v) is 4.88. The SMILES string of the molecule is Cc1[nH]c2ccccc2c1C(=O)CN(Cc1ccc(F)cc1)C1CC1. The lowest BCUT2D eigenvalue weighted by atomic mass is 10.1. The van der Waals surface area contributed by atoms with Gasteiger partial charge in [0, 0.05) is 34.7 Å². The average Bonchev–Trinajstić information content (AvgIpc) is 3.38. The summed E-state index contributed by atoms with van der Waals surface area (Å²) in [4.78, 5) is 18.5. The van der Waals surface area contributed by atoms with Crippen LogP contribution in [0.2, 0.25) is 0 Å². The van der Waals surface area contributed by atoms with Gasteiger partial charge in [-0.25, -0.2) is 4.39 Å². The minimum atomic E-state index is -0.229. The summed E-state index contributed by atoms with van der Waals surface area (Å²) in [6.45, 7) is 3.03. The summed E-state index contributed by atoms with van der Waals surface area (Å²) in [7, 11) is 0. The number of aromatic amines is 1. The smallest absolute Gasteiger partial charge is 0.179 e. The lowest BCUT2D eigenvalue weighted by Crippen LogP contribution is -2.31. The van der Waals surface area contributed by atoms with Crippen molar-refractivity contribution in [3.63, 3.8) is 0 Å². The van der Waals surface area contributed by atoms with Crippen LogP contribution in [0.1, 0.15) is 34.5 Å². The van der Waals surface area contributed by atoms with E-state index in [1.165, 1.54) is 12.1 Å². The number of halogens is 1. The predicted molar refractivity (Wildman–Crippen MR) is 97.2 cm³/mol. The van der Waals surface area contributed by atoms with Gasteiger partial charge in [-0.1, -0.05) is 30.3 Å². The summed E-state index contributed by atoms with van der Waals surface area (Å²) in [6.07, 6.45) is 2.25.